The molecule has 0 saturated heterocycles. The van der Waals surface area contributed by atoms with Gasteiger partial charge in [-0.15, -0.1) is 0 Å². The van der Waals surface area contributed by atoms with Crippen molar-refractivity contribution in [2.24, 2.45) is 22.7 Å². The van der Waals surface area contributed by atoms with Gasteiger partial charge in [-0.05, 0) is 5.92 Å². The van der Waals surface area contributed by atoms with E-state index in [1.165, 1.54) is 11.8 Å². The summed E-state index contributed by atoms with van der Waals surface area (Å²) in [5.74, 6) is 4.53. The first kappa shape index (κ1) is 25.1. The third kappa shape index (κ3) is 8.20. The van der Waals surface area contributed by atoms with Crippen LogP contribution in [0.25, 0.3) is 0 Å². The smallest absolute Gasteiger partial charge is 0 e. The van der Waals surface area contributed by atoms with Gasteiger partial charge in [-0.2, -0.15) is 39.0 Å². The molecule has 0 unspecified atom stereocenters. The van der Waals surface area contributed by atoms with Crippen LogP contribution < -0.4 is 0 Å². The Kier molecular flexibility index (Phi) is 13.1. The van der Waals surface area contributed by atoms with Crippen molar-refractivity contribution in [3.05, 3.63) is 11.8 Å². The zero-order valence-electron chi connectivity index (χ0n) is 15.7. The Morgan fingerprint density at radius 3 is 1.05 bits per heavy atom. The number of hydrogen-bond acceptors (Lipinski definition) is 0. The van der Waals surface area contributed by atoms with Gasteiger partial charge in [-0.25, -0.2) is 0 Å². The molecule has 0 aromatic heterocycles. The van der Waals surface area contributed by atoms with Crippen LogP contribution in [0.3, 0.4) is 0 Å². The quantitative estimate of drug-likeness (QED) is 0.507. The summed E-state index contributed by atoms with van der Waals surface area (Å²) in [4.78, 5) is 0. The summed E-state index contributed by atoms with van der Waals surface area (Å²) in [7, 11) is 0. The van der Waals surface area contributed by atoms with Crippen LogP contribution in [-0.2, 0) is 32.7 Å². The zero-order chi connectivity index (χ0) is 15.3. The second-order valence-electron chi connectivity index (χ2n) is 7.73. The van der Waals surface area contributed by atoms with Crippen molar-refractivity contribution in [1.29, 1.82) is 0 Å². The number of rotatable bonds is 4. The molecule has 1 heteroatoms. The predicted molar refractivity (Wildman–Crippen MR) is 86.4 cm³/mol. The fourth-order valence-corrected chi connectivity index (χ4v) is 1.37. The molecule has 0 aromatic rings. The molecule has 0 aliphatic heterocycles. The zero-order valence-corrected chi connectivity index (χ0v) is 18.6. The van der Waals surface area contributed by atoms with Crippen molar-refractivity contribution in [3.63, 3.8) is 0 Å². The van der Waals surface area contributed by atoms with Gasteiger partial charge in [0.25, 0.3) is 0 Å². The van der Waals surface area contributed by atoms with Crippen molar-refractivity contribution in [2.75, 3.05) is 0 Å². The molecule has 0 bridgehead atoms. The van der Waals surface area contributed by atoms with Gasteiger partial charge in [-0.1, -0.05) is 60.8 Å². The fraction of sp³-hybridized carbons (Fsp3) is 0.889. The molecule has 0 N–H and O–H groups in total. The Hall–Kier alpha value is 1.10. The van der Waals surface area contributed by atoms with Gasteiger partial charge in [0.15, 0.2) is 0 Å². The van der Waals surface area contributed by atoms with Crippen molar-refractivity contribution in [2.45, 2.75) is 83.1 Å². The van der Waals surface area contributed by atoms with E-state index < -0.39 is 0 Å². The van der Waals surface area contributed by atoms with E-state index in [2.05, 4.69) is 83.1 Å². The van der Waals surface area contributed by atoms with Crippen LogP contribution in [0, 0.1) is 34.5 Å². The van der Waals surface area contributed by atoms with E-state index in [9.17, 15) is 0 Å². The molecule has 0 saturated carbocycles. The van der Waals surface area contributed by atoms with Crippen LogP contribution in [0.1, 0.15) is 83.1 Å². The monoisotopic (exact) mass is 343 g/mol. The standard InChI is InChI=1S/C12H25.C6H13.Y/c1-9(2)11(5,6)12(7,8)10(3)4;1-5(2)6(3)4;/h9H,1-8H3;5H,1-4H3;/q2*-1;. The van der Waals surface area contributed by atoms with Crippen molar-refractivity contribution in [3.8, 4) is 0 Å². The van der Waals surface area contributed by atoms with Gasteiger partial charge in [0.2, 0.25) is 0 Å². The summed E-state index contributed by atoms with van der Waals surface area (Å²) in [6.45, 7) is 27.3. The minimum atomic E-state index is 0. The van der Waals surface area contributed by atoms with Gasteiger partial charge in [0.1, 0.15) is 0 Å². The van der Waals surface area contributed by atoms with Crippen molar-refractivity contribution < 1.29 is 32.7 Å². The second-order valence-corrected chi connectivity index (χ2v) is 7.73. The maximum Gasteiger partial charge on any atom is 0 e. The van der Waals surface area contributed by atoms with E-state index in [1.54, 1.807) is 0 Å². The molecule has 0 fully saturated rings. The van der Waals surface area contributed by atoms with Crippen LogP contribution in [0.2, 0.25) is 0 Å². The van der Waals surface area contributed by atoms with E-state index in [4.69, 9.17) is 0 Å². The molecule has 1 radical (unpaired) electrons. The Morgan fingerprint density at radius 1 is 0.737 bits per heavy atom. The summed E-state index contributed by atoms with van der Waals surface area (Å²) < 4.78 is 0. The molecule has 0 nitrogen and oxygen atoms in total. The van der Waals surface area contributed by atoms with Crippen molar-refractivity contribution in [1.82, 2.24) is 0 Å². The third-order valence-corrected chi connectivity index (χ3v) is 5.46. The SMILES string of the molecule is C[C-](C)C(C)(C)C(C)(C)C(C)C.C[C-](C)C(C)C.[Y]. The van der Waals surface area contributed by atoms with E-state index in [-0.39, 0.29) is 32.7 Å². The summed E-state index contributed by atoms with van der Waals surface area (Å²) >= 11 is 0. The van der Waals surface area contributed by atoms with Crippen LogP contribution in [0.4, 0.5) is 0 Å². The first-order valence-electron chi connectivity index (χ1n) is 7.39. The first-order chi connectivity index (χ1) is 7.78. The molecule has 0 aliphatic rings. The Balaban J connectivity index is -0.000000313. The molecule has 0 amide bonds. The average Bonchev–Trinajstić information content (AvgIpc) is 2.17. The molecule has 115 valence electrons. The third-order valence-electron chi connectivity index (χ3n) is 5.46. The largest absolute Gasteiger partial charge is 0.317 e. The maximum absolute atomic E-state index is 2.37. The first-order valence-corrected chi connectivity index (χ1v) is 7.39. The summed E-state index contributed by atoms with van der Waals surface area (Å²) in [5.41, 5.74) is 0.715. The molecule has 0 atom stereocenters. The average molecular weight is 343 g/mol. The molecule has 0 heterocycles. The van der Waals surface area contributed by atoms with Gasteiger partial charge in [-0.3, -0.25) is 0 Å². The molecule has 0 aromatic carbocycles. The molecular formula is C18H38Y-2. The van der Waals surface area contributed by atoms with Crippen LogP contribution >= 0.6 is 0 Å². The van der Waals surface area contributed by atoms with Crippen LogP contribution in [-0.4, -0.2) is 0 Å². The van der Waals surface area contributed by atoms with Gasteiger partial charge in [0, 0.05) is 32.7 Å². The predicted octanol–water partition coefficient (Wildman–Crippen LogP) is 6.56. The maximum atomic E-state index is 2.37. The minimum absolute atomic E-state index is 0. The van der Waals surface area contributed by atoms with E-state index >= 15 is 0 Å². The van der Waals surface area contributed by atoms with Gasteiger partial charge >= 0.3 is 0 Å². The van der Waals surface area contributed by atoms with E-state index in [0.29, 0.717) is 10.8 Å². The molecular weight excluding hydrogens is 305 g/mol. The summed E-state index contributed by atoms with van der Waals surface area (Å²) in [6, 6.07) is 0. The molecule has 0 spiro atoms. The van der Waals surface area contributed by atoms with E-state index in [1.807, 2.05) is 0 Å². The molecule has 19 heavy (non-hydrogen) atoms. The normalized spacial score (nSPS) is 12.6. The van der Waals surface area contributed by atoms with Crippen LogP contribution in [0.5, 0.6) is 0 Å². The van der Waals surface area contributed by atoms with Crippen molar-refractivity contribution >= 4 is 0 Å². The fourth-order valence-electron chi connectivity index (χ4n) is 1.37. The second kappa shape index (κ2) is 9.94. The molecule has 0 aliphatic carbocycles. The Morgan fingerprint density at radius 2 is 1.00 bits per heavy atom. The molecule has 0 rings (SSSR count). The number of hydrogen-bond donors (Lipinski definition) is 0. The van der Waals surface area contributed by atoms with Gasteiger partial charge in [0.05, 0.1) is 0 Å². The Labute approximate surface area is 149 Å². The van der Waals surface area contributed by atoms with Crippen LogP contribution in [0.15, 0.2) is 0 Å². The summed E-state index contributed by atoms with van der Waals surface area (Å²) in [5, 5.41) is 0. The van der Waals surface area contributed by atoms with Gasteiger partial charge < -0.3 is 11.8 Å². The summed E-state index contributed by atoms with van der Waals surface area (Å²) in [6.07, 6.45) is 0. The minimum Gasteiger partial charge on any atom is -0.317 e. The topological polar surface area (TPSA) is 0 Å². The van der Waals surface area contributed by atoms with E-state index in [0.717, 1.165) is 11.8 Å². The Bertz CT molecular complexity index is 186.